The van der Waals surface area contributed by atoms with Gasteiger partial charge < -0.3 is 5.32 Å². The Bertz CT molecular complexity index is 1260. The van der Waals surface area contributed by atoms with Crippen molar-refractivity contribution in [2.24, 2.45) is 0 Å². The van der Waals surface area contributed by atoms with Crippen LogP contribution in [0, 0.1) is 22.7 Å². The Hall–Kier alpha value is -4.49. The van der Waals surface area contributed by atoms with E-state index in [9.17, 15) is 4.79 Å². The second-order valence-corrected chi connectivity index (χ2v) is 6.00. The summed E-state index contributed by atoms with van der Waals surface area (Å²) in [6, 6.07) is 21.8. The number of amides is 1. The number of pyridine rings is 1. The fraction of sp³-hybridized carbons (Fsp3) is 0. The van der Waals surface area contributed by atoms with Crippen LogP contribution < -0.4 is 5.32 Å². The van der Waals surface area contributed by atoms with E-state index in [-0.39, 0.29) is 0 Å². The molecule has 2 N–H and O–H groups in total. The number of nitrogens with one attached hydrogen (secondary N) is 2. The predicted molar refractivity (Wildman–Crippen MR) is 104 cm³/mol. The van der Waals surface area contributed by atoms with E-state index in [1.54, 1.807) is 24.3 Å². The molecule has 7 nitrogen and oxygen atoms in total. The van der Waals surface area contributed by atoms with Gasteiger partial charge in [0, 0.05) is 22.2 Å². The maximum atomic E-state index is 11.1. The van der Waals surface area contributed by atoms with Crippen LogP contribution in [0.25, 0.3) is 33.5 Å². The Morgan fingerprint density at radius 1 is 0.929 bits per heavy atom. The minimum atomic E-state index is -0.709. The van der Waals surface area contributed by atoms with Crippen molar-refractivity contribution in [1.82, 2.24) is 15.2 Å². The van der Waals surface area contributed by atoms with Crippen molar-refractivity contribution in [3.63, 3.8) is 0 Å². The fourth-order valence-electron chi connectivity index (χ4n) is 2.87. The van der Waals surface area contributed by atoms with Crippen LogP contribution in [0.15, 0.2) is 60.7 Å². The lowest BCUT2D eigenvalue weighted by Gasteiger charge is -2.04. The molecule has 0 atom stereocenters. The zero-order valence-electron chi connectivity index (χ0n) is 14.5. The predicted octanol–water partition coefficient (Wildman–Crippen LogP) is 3.63. The highest BCUT2D eigenvalue weighted by Crippen LogP contribution is 2.28. The van der Waals surface area contributed by atoms with Crippen molar-refractivity contribution < 1.29 is 4.79 Å². The molecule has 4 aromatic rings. The summed E-state index contributed by atoms with van der Waals surface area (Å²) < 4.78 is 0. The SMILES string of the molecule is N#CC(=O)Nc1ccc(-c2ccc3c(-c4ccc(C#N)cc4)[nH]nc3n2)cc1. The third-order valence-corrected chi connectivity index (χ3v) is 4.26. The van der Waals surface area contributed by atoms with E-state index in [1.165, 1.54) is 6.07 Å². The van der Waals surface area contributed by atoms with Gasteiger partial charge in [0.15, 0.2) is 11.7 Å². The van der Waals surface area contributed by atoms with Gasteiger partial charge in [0.1, 0.15) is 0 Å². The highest BCUT2D eigenvalue weighted by atomic mass is 16.1. The third kappa shape index (κ3) is 3.16. The number of nitrogens with zero attached hydrogens (tertiary/aromatic N) is 4. The van der Waals surface area contributed by atoms with Crippen LogP contribution in [-0.2, 0) is 4.79 Å². The number of nitriles is 2. The quantitative estimate of drug-likeness (QED) is 0.538. The third-order valence-electron chi connectivity index (χ3n) is 4.26. The first-order valence-electron chi connectivity index (χ1n) is 8.35. The Morgan fingerprint density at radius 3 is 2.32 bits per heavy atom. The Kier molecular flexibility index (Phi) is 4.25. The molecular formula is C21H12N6O. The van der Waals surface area contributed by atoms with Crippen LogP contribution in [-0.4, -0.2) is 21.1 Å². The molecule has 0 fully saturated rings. The molecule has 0 aliphatic heterocycles. The number of benzene rings is 2. The number of carbonyl (C=O) groups is 1. The Balaban J connectivity index is 1.65. The monoisotopic (exact) mass is 364 g/mol. The Labute approximate surface area is 159 Å². The average molecular weight is 364 g/mol. The highest BCUT2D eigenvalue weighted by Gasteiger charge is 2.11. The second-order valence-electron chi connectivity index (χ2n) is 6.00. The first-order chi connectivity index (χ1) is 13.7. The molecule has 0 aliphatic carbocycles. The molecule has 0 bridgehead atoms. The van der Waals surface area contributed by atoms with E-state index >= 15 is 0 Å². The molecule has 0 spiro atoms. The van der Waals surface area contributed by atoms with E-state index in [4.69, 9.17) is 10.5 Å². The summed E-state index contributed by atoms with van der Waals surface area (Å²) in [6.45, 7) is 0. The number of hydrogen-bond acceptors (Lipinski definition) is 5. The van der Waals surface area contributed by atoms with Gasteiger partial charge in [-0.05, 0) is 36.4 Å². The van der Waals surface area contributed by atoms with Gasteiger partial charge in [-0.15, -0.1) is 0 Å². The zero-order chi connectivity index (χ0) is 19.5. The minimum Gasteiger partial charge on any atom is -0.313 e. The number of hydrogen-bond donors (Lipinski definition) is 2. The number of aromatic nitrogens is 3. The first-order valence-corrected chi connectivity index (χ1v) is 8.35. The topological polar surface area (TPSA) is 118 Å². The van der Waals surface area contributed by atoms with Crippen LogP contribution in [0.2, 0.25) is 0 Å². The van der Waals surface area contributed by atoms with Crippen molar-refractivity contribution in [2.45, 2.75) is 0 Å². The van der Waals surface area contributed by atoms with E-state index in [2.05, 4.69) is 26.6 Å². The molecule has 132 valence electrons. The van der Waals surface area contributed by atoms with Crippen molar-refractivity contribution in [1.29, 1.82) is 10.5 Å². The Morgan fingerprint density at radius 2 is 1.64 bits per heavy atom. The lowest BCUT2D eigenvalue weighted by Crippen LogP contribution is -2.07. The molecule has 0 radical (unpaired) electrons. The van der Waals surface area contributed by atoms with Gasteiger partial charge in [0.25, 0.3) is 0 Å². The van der Waals surface area contributed by atoms with Gasteiger partial charge in [-0.2, -0.15) is 15.6 Å². The summed E-state index contributed by atoms with van der Waals surface area (Å²) in [5.41, 5.74) is 5.09. The number of H-pyrrole nitrogens is 1. The number of aromatic amines is 1. The number of carbonyl (C=O) groups excluding carboxylic acids is 1. The van der Waals surface area contributed by atoms with Crippen LogP contribution in [0.4, 0.5) is 5.69 Å². The summed E-state index contributed by atoms with van der Waals surface area (Å²) in [6.07, 6.45) is 0. The molecule has 0 aliphatic rings. The largest absolute Gasteiger partial charge is 0.326 e. The summed E-state index contributed by atoms with van der Waals surface area (Å²) in [5, 5.41) is 28.1. The molecular weight excluding hydrogens is 352 g/mol. The molecule has 4 rings (SSSR count). The van der Waals surface area contributed by atoms with Crippen molar-refractivity contribution in [2.75, 3.05) is 5.32 Å². The van der Waals surface area contributed by atoms with Gasteiger partial charge >= 0.3 is 5.91 Å². The van der Waals surface area contributed by atoms with Crippen LogP contribution in [0.5, 0.6) is 0 Å². The zero-order valence-corrected chi connectivity index (χ0v) is 14.5. The average Bonchev–Trinajstić information content (AvgIpc) is 3.17. The standard InChI is InChI=1S/C21H12N6O/c22-11-13-1-3-15(4-2-13)20-17-9-10-18(25-21(17)27-26-20)14-5-7-16(8-6-14)24-19(28)12-23/h1-10H,(H,24,28)(H,25,26,27). The summed E-state index contributed by atoms with van der Waals surface area (Å²) >= 11 is 0. The summed E-state index contributed by atoms with van der Waals surface area (Å²) in [5.74, 6) is -0.709. The normalized spacial score (nSPS) is 10.2. The van der Waals surface area contributed by atoms with E-state index in [0.29, 0.717) is 16.9 Å². The van der Waals surface area contributed by atoms with Crippen molar-refractivity contribution >= 4 is 22.6 Å². The molecule has 0 unspecified atom stereocenters. The van der Waals surface area contributed by atoms with Crippen molar-refractivity contribution in [3.8, 4) is 34.7 Å². The lowest BCUT2D eigenvalue weighted by atomic mass is 10.1. The van der Waals surface area contributed by atoms with Crippen LogP contribution >= 0.6 is 0 Å². The molecule has 0 saturated heterocycles. The van der Waals surface area contributed by atoms with Crippen LogP contribution in [0.1, 0.15) is 5.56 Å². The van der Waals surface area contributed by atoms with Gasteiger partial charge in [-0.1, -0.05) is 24.3 Å². The smallest absolute Gasteiger partial charge is 0.313 e. The molecule has 1 amide bonds. The van der Waals surface area contributed by atoms with Gasteiger partial charge in [-0.25, -0.2) is 4.98 Å². The van der Waals surface area contributed by atoms with E-state index in [0.717, 1.165) is 27.9 Å². The first kappa shape index (κ1) is 17.0. The minimum absolute atomic E-state index is 0.541. The maximum absolute atomic E-state index is 11.1. The van der Waals surface area contributed by atoms with Crippen LogP contribution in [0.3, 0.4) is 0 Å². The maximum Gasteiger partial charge on any atom is 0.326 e. The van der Waals surface area contributed by atoms with Crippen molar-refractivity contribution in [3.05, 3.63) is 66.2 Å². The molecule has 2 aromatic heterocycles. The fourth-order valence-corrected chi connectivity index (χ4v) is 2.87. The van der Waals surface area contributed by atoms with Gasteiger partial charge in [-0.3, -0.25) is 9.89 Å². The molecule has 7 heteroatoms. The summed E-state index contributed by atoms with van der Waals surface area (Å²) in [4.78, 5) is 15.7. The van der Waals surface area contributed by atoms with Gasteiger partial charge in [0.05, 0.1) is 23.0 Å². The number of fused-ring (bicyclic) bond motifs is 1. The van der Waals surface area contributed by atoms with E-state index in [1.807, 2.05) is 36.4 Å². The molecule has 2 heterocycles. The molecule has 28 heavy (non-hydrogen) atoms. The second kappa shape index (κ2) is 7.02. The lowest BCUT2D eigenvalue weighted by molar-refractivity contribution is -0.111. The van der Waals surface area contributed by atoms with E-state index < -0.39 is 5.91 Å². The number of anilines is 1. The number of rotatable bonds is 3. The highest BCUT2D eigenvalue weighted by molar-refractivity contribution is 6.02. The summed E-state index contributed by atoms with van der Waals surface area (Å²) in [7, 11) is 0. The van der Waals surface area contributed by atoms with Gasteiger partial charge in [0.2, 0.25) is 0 Å². The molecule has 2 aromatic carbocycles. The molecule has 0 saturated carbocycles.